The third-order valence-electron chi connectivity index (χ3n) is 13.4. The molecular weight excluding hydrogens is 739 g/mol. The summed E-state index contributed by atoms with van der Waals surface area (Å²) in [7, 11) is 0. The monoisotopic (exact) mass is 773 g/mol. The summed E-state index contributed by atoms with van der Waals surface area (Å²) in [4.78, 5) is 2.28. The van der Waals surface area contributed by atoms with E-state index < -0.39 is 5.41 Å². The van der Waals surface area contributed by atoms with Crippen molar-refractivity contribution in [3.8, 4) is 34.0 Å². The topological polar surface area (TPSA) is 32.0 Å². The fourth-order valence-electron chi connectivity index (χ4n) is 11.0. The molecule has 0 unspecified atom stereocenters. The molecule has 0 fully saturated rings. The summed E-state index contributed by atoms with van der Waals surface area (Å²) < 4.78 is 2.44. The van der Waals surface area contributed by atoms with E-state index >= 15 is 0 Å². The van der Waals surface area contributed by atoms with Crippen molar-refractivity contribution in [2.24, 2.45) is 0 Å². The van der Waals surface area contributed by atoms with Crippen molar-refractivity contribution in [2.45, 2.75) is 5.41 Å². The molecule has 1 spiro atoms. The molecule has 0 bridgehead atoms. The van der Waals surface area contributed by atoms with Crippen LogP contribution in [0.4, 0.5) is 17.1 Å². The van der Waals surface area contributed by atoms with Gasteiger partial charge in [0, 0.05) is 27.8 Å². The van der Waals surface area contributed by atoms with Gasteiger partial charge in [-0.05, 0) is 127 Å². The van der Waals surface area contributed by atoms with Gasteiger partial charge >= 0.3 is 0 Å². The fourth-order valence-corrected chi connectivity index (χ4v) is 11.0. The summed E-state index contributed by atoms with van der Waals surface area (Å²) in [6.07, 6.45) is 0. The number of nitrogens with zero attached hydrogens (tertiary/aromatic N) is 3. The molecule has 0 radical (unpaired) electrons. The van der Waals surface area contributed by atoms with Gasteiger partial charge in [0.2, 0.25) is 0 Å². The summed E-state index contributed by atoms with van der Waals surface area (Å²) in [5.74, 6) is 0. The SMILES string of the molecule is N#Cc1ccccc1N(c1ccc2c(c1)C1(c3ccccc3-c3ccccc31)c1cccc3c1c-2cc1c3c2ccccc2n1-c1ccccc1)c1ccc2ccccc2c1. The first-order valence-corrected chi connectivity index (χ1v) is 20.9. The van der Waals surface area contributed by atoms with Gasteiger partial charge in [0.1, 0.15) is 6.07 Å². The van der Waals surface area contributed by atoms with Crippen molar-refractivity contribution in [3.63, 3.8) is 0 Å². The molecule has 2 aliphatic carbocycles. The molecule has 3 heteroatoms. The first-order valence-electron chi connectivity index (χ1n) is 20.9. The largest absolute Gasteiger partial charge is 0.309 e. The van der Waals surface area contributed by atoms with Crippen molar-refractivity contribution in [3.05, 3.63) is 240 Å². The standard InChI is InChI=1S/C58H35N3/c59-36-39-17-6-12-27-53(39)60(41-30-29-37-15-4-5-16-38(37)33-41)42-31-32-45-48-35-55-57(46-22-9-13-28-54(46)61(55)40-18-2-1-3-19-40)47-23-14-26-51(56(47)48)58(52(45)34-42)49-24-10-7-20-43(49)44-21-8-11-25-50(44)58/h1-35H. The highest BCUT2D eigenvalue weighted by molar-refractivity contribution is 6.26. The van der Waals surface area contributed by atoms with Gasteiger partial charge < -0.3 is 9.47 Å². The van der Waals surface area contributed by atoms with E-state index in [0.29, 0.717) is 5.56 Å². The van der Waals surface area contributed by atoms with E-state index in [1.807, 2.05) is 18.2 Å². The van der Waals surface area contributed by atoms with Crippen LogP contribution in [0.15, 0.2) is 212 Å². The van der Waals surface area contributed by atoms with E-state index in [-0.39, 0.29) is 0 Å². The number of rotatable bonds is 4. The van der Waals surface area contributed by atoms with Crippen molar-refractivity contribution < 1.29 is 0 Å². The lowest BCUT2D eigenvalue weighted by Gasteiger charge is -2.41. The van der Waals surface area contributed by atoms with E-state index in [9.17, 15) is 5.26 Å². The second kappa shape index (κ2) is 12.7. The number of hydrogen-bond donors (Lipinski definition) is 0. The summed E-state index contributed by atoms with van der Waals surface area (Å²) in [6, 6.07) is 79.7. The van der Waals surface area contributed by atoms with E-state index in [1.165, 1.54) is 82.5 Å². The first-order chi connectivity index (χ1) is 30.2. The quantitative estimate of drug-likeness (QED) is 0.178. The Bertz CT molecular complexity index is 3630. The minimum atomic E-state index is -0.625. The third-order valence-corrected chi connectivity index (χ3v) is 13.4. The Labute approximate surface area is 353 Å². The zero-order valence-corrected chi connectivity index (χ0v) is 33.0. The zero-order valence-electron chi connectivity index (χ0n) is 33.0. The summed E-state index contributed by atoms with van der Waals surface area (Å²) in [5, 5.41) is 17.9. The molecule has 61 heavy (non-hydrogen) atoms. The van der Waals surface area contributed by atoms with E-state index in [1.54, 1.807) is 0 Å². The summed E-state index contributed by atoms with van der Waals surface area (Å²) in [6.45, 7) is 0. The molecular formula is C58H35N3. The average molecular weight is 774 g/mol. The Morgan fingerprint density at radius 2 is 1.03 bits per heavy atom. The molecule has 0 saturated carbocycles. The van der Waals surface area contributed by atoms with Gasteiger partial charge in [0.05, 0.1) is 27.7 Å². The Balaban J connectivity index is 1.19. The minimum absolute atomic E-state index is 0.617. The van der Waals surface area contributed by atoms with Gasteiger partial charge in [-0.2, -0.15) is 5.26 Å². The van der Waals surface area contributed by atoms with Gasteiger partial charge in [-0.1, -0.05) is 152 Å². The van der Waals surface area contributed by atoms with Gasteiger partial charge in [-0.3, -0.25) is 0 Å². The van der Waals surface area contributed by atoms with Crippen LogP contribution in [0.25, 0.3) is 71.3 Å². The Hall–Kier alpha value is -8.19. The minimum Gasteiger partial charge on any atom is -0.309 e. The van der Waals surface area contributed by atoms with Crippen molar-refractivity contribution in [1.82, 2.24) is 4.57 Å². The van der Waals surface area contributed by atoms with Crippen molar-refractivity contribution >= 4 is 60.4 Å². The lowest BCUT2D eigenvalue weighted by molar-refractivity contribution is 0.773. The van der Waals surface area contributed by atoms with Crippen LogP contribution in [0, 0.1) is 11.3 Å². The number of anilines is 3. The molecule has 1 heterocycles. The third kappa shape index (κ3) is 4.51. The lowest BCUT2D eigenvalue weighted by atomic mass is 9.61. The predicted octanol–water partition coefficient (Wildman–Crippen LogP) is 14.8. The lowest BCUT2D eigenvalue weighted by Crippen LogP contribution is -2.32. The van der Waals surface area contributed by atoms with Gasteiger partial charge in [-0.15, -0.1) is 0 Å². The number of benzene rings is 10. The van der Waals surface area contributed by atoms with E-state index in [4.69, 9.17) is 0 Å². The average Bonchev–Trinajstić information content (AvgIpc) is 3.82. The van der Waals surface area contributed by atoms with E-state index in [2.05, 4.69) is 210 Å². The molecule has 3 nitrogen and oxygen atoms in total. The van der Waals surface area contributed by atoms with Gasteiger partial charge in [-0.25, -0.2) is 0 Å². The van der Waals surface area contributed by atoms with E-state index in [0.717, 1.165) is 28.1 Å². The molecule has 0 saturated heterocycles. The molecule has 10 aromatic carbocycles. The van der Waals surface area contributed by atoms with Crippen molar-refractivity contribution in [1.29, 1.82) is 5.26 Å². The Morgan fingerprint density at radius 3 is 1.85 bits per heavy atom. The normalized spacial score (nSPS) is 13.0. The second-order valence-electron chi connectivity index (χ2n) is 16.3. The molecule has 13 rings (SSSR count). The number of aromatic nitrogens is 1. The highest BCUT2D eigenvalue weighted by Gasteiger charge is 2.50. The van der Waals surface area contributed by atoms with Crippen LogP contribution in [-0.4, -0.2) is 4.57 Å². The molecule has 0 aliphatic heterocycles. The van der Waals surface area contributed by atoms with Gasteiger partial charge in [0.15, 0.2) is 0 Å². The number of hydrogen-bond acceptors (Lipinski definition) is 2. The molecule has 282 valence electrons. The zero-order chi connectivity index (χ0) is 40.2. The van der Waals surface area contributed by atoms with Crippen LogP contribution >= 0.6 is 0 Å². The van der Waals surface area contributed by atoms with Crippen LogP contribution in [0.1, 0.15) is 27.8 Å². The van der Waals surface area contributed by atoms with Crippen LogP contribution in [0.2, 0.25) is 0 Å². The fraction of sp³-hybridized carbons (Fsp3) is 0.0172. The first kappa shape index (κ1) is 33.7. The highest BCUT2D eigenvalue weighted by Crippen LogP contribution is 2.63. The maximum atomic E-state index is 10.6. The molecule has 11 aromatic rings. The predicted molar refractivity (Wildman–Crippen MR) is 251 cm³/mol. The highest BCUT2D eigenvalue weighted by atomic mass is 15.1. The molecule has 0 amide bonds. The summed E-state index contributed by atoms with van der Waals surface area (Å²) in [5.41, 5.74) is 16.4. The maximum absolute atomic E-state index is 10.6. The second-order valence-corrected chi connectivity index (χ2v) is 16.3. The molecule has 0 N–H and O–H groups in total. The number of para-hydroxylation sites is 3. The Kier molecular flexibility index (Phi) is 7.00. The molecule has 0 atom stereocenters. The van der Waals surface area contributed by atoms with Crippen LogP contribution < -0.4 is 4.90 Å². The van der Waals surface area contributed by atoms with Crippen LogP contribution in [0.5, 0.6) is 0 Å². The smallest absolute Gasteiger partial charge is 0.101 e. The molecule has 2 aliphatic rings. The van der Waals surface area contributed by atoms with Crippen molar-refractivity contribution in [2.75, 3.05) is 4.90 Å². The number of fused-ring (bicyclic) bond motifs is 14. The summed E-state index contributed by atoms with van der Waals surface area (Å²) >= 11 is 0. The number of nitriles is 1. The maximum Gasteiger partial charge on any atom is 0.101 e. The molecule has 1 aromatic heterocycles. The van der Waals surface area contributed by atoms with Gasteiger partial charge in [0.25, 0.3) is 0 Å². The van der Waals surface area contributed by atoms with Crippen LogP contribution in [0.3, 0.4) is 0 Å². The Morgan fingerprint density at radius 1 is 0.410 bits per heavy atom. The van der Waals surface area contributed by atoms with Crippen LogP contribution in [-0.2, 0) is 5.41 Å².